The molecule has 0 aliphatic carbocycles. The largest absolute Gasteiger partial charge is 0.314 e. The lowest BCUT2D eigenvalue weighted by Gasteiger charge is -2.44. The first-order valence-electron chi connectivity index (χ1n) is 8.53. The van der Waals surface area contributed by atoms with Gasteiger partial charge in [-0.1, -0.05) is 38.1 Å². The van der Waals surface area contributed by atoms with Crippen molar-refractivity contribution in [3.05, 3.63) is 71.3 Å². The Kier molecular flexibility index (Phi) is 5.27. The molecule has 1 aliphatic heterocycles. The minimum atomic E-state index is -0.239. The molecule has 1 heterocycles. The molecular formula is C20H24F2N2. The van der Waals surface area contributed by atoms with Crippen LogP contribution in [0.1, 0.15) is 31.0 Å². The number of nitrogens with zero attached hydrogens (tertiary/aromatic N) is 1. The van der Waals surface area contributed by atoms with Crippen LogP contribution >= 0.6 is 0 Å². The van der Waals surface area contributed by atoms with Crippen molar-refractivity contribution >= 4 is 0 Å². The van der Waals surface area contributed by atoms with Crippen LogP contribution in [0.5, 0.6) is 0 Å². The zero-order valence-electron chi connectivity index (χ0n) is 14.2. The van der Waals surface area contributed by atoms with Crippen molar-refractivity contribution in [2.75, 3.05) is 19.6 Å². The van der Waals surface area contributed by atoms with Crippen molar-refractivity contribution in [2.24, 2.45) is 5.92 Å². The van der Waals surface area contributed by atoms with Gasteiger partial charge in [-0.05, 0) is 41.3 Å². The number of hydrogen-bond acceptors (Lipinski definition) is 2. The maximum atomic E-state index is 13.4. The van der Waals surface area contributed by atoms with Crippen LogP contribution in [-0.2, 0) is 0 Å². The number of halogens is 2. The monoisotopic (exact) mass is 330 g/mol. The fourth-order valence-corrected chi connectivity index (χ4v) is 3.55. The van der Waals surface area contributed by atoms with Crippen molar-refractivity contribution < 1.29 is 8.78 Å². The molecule has 1 N–H and O–H groups in total. The van der Waals surface area contributed by atoms with Crippen LogP contribution in [0.25, 0.3) is 0 Å². The van der Waals surface area contributed by atoms with E-state index in [0.717, 1.165) is 30.8 Å². The number of piperazine rings is 1. The first kappa shape index (κ1) is 17.1. The standard InChI is InChI=1S/C20H24F2N2/c1-14(2)19-13-23-11-12-24(19)20(15-3-7-17(21)8-4-15)16-5-9-18(22)10-6-16/h3-10,14,19-20,23H,11-13H2,1-2H3/t19-/m1/s1. The summed E-state index contributed by atoms with van der Waals surface area (Å²) in [6.07, 6.45) is 0. The van der Waals surface area contributed by atoms with E-state index in [9.17, 15) is 8.78 Å². The average molecular weight is 330 g/mol. The second-order valence-corrected chi connectivity index (χ2v) is 6.76. The van der Waals surface area contributed by atoms with Crippen LogP contribution in [0.15, 0.2) is 48.5 Å². The van der Waals surface area contributed by atoms with Gasteiger partial charge >= 0.3 is 0 Å². The lowest BCUT2D eigenvalue weighted by molar-refractivity contribution is 0.0932. The Balaban J connectivity index is 2.03. The van der Waals surface area contributed by atoms with E-state index < -0.39 is 0 Å². The molecule has 0 bridgehead atoms. The fourth-order valence-electron chi connectivity index (χ4n) is 3.55. The summed E-state index contributed by atoms with van der Waals surface area (Å²) in [5, 5.41) is 3.46. The number of benzene rings is 2. The Morgan fingerprint density at radius 1 is 0.917 bits per heavy atom. The summed E-state index contributed by atoms with van der Waals surface area (Å²) in [5.41, 5.74) is 2.08. The van der Waals surface area contributed by atoms with Gasteiger partial charge in [-0.25, -0.2) is 8.78 Å². The van der Waals surface area contributed by atoms with Gasteiger partial charge in [-0.15, -0.1) is 0 Å². The van der Waals surface area contributed by atoms with Crippen LogP contribution < -0.4 is 5.32 Å². The summed E-state index contributed by atoms with van der Waals surface area (Å²) in [7, 11) is 0. The first-order valence-corrected chi connectivity index (χ1v) is 8.53. The van der Waals surface area contributed by atoms with E-state index in [2.05, 4.69) is 24.1 Å². The Morgan fingerprint density at radius 2 is 1.42 bits per heavy atom. The number of nitrogens with one attached hydrogen (secondary N) is 1. The highest BCUT2D eigenvalue weighted by atomic mass is 19.1. The Morgan fingerprint density at radius 3 is 1.88 bits per heavy atom. The van der Waals surface area contributed by atoms with E-state index in [-0.39, 0.29) is 17.7 Å². The van der Waals surface area contributed by atoms with Gasteiger partial charge < -0.3 is 5.32 Å². The maximum Gasteiger partial charge on any atom is 0.123 e. The lowest BCUT2D eigenvalue weighted by Crippen LogP contribution is -2.54. The summed E-state index contributed by atoms with van der Waals surface area (Å²) in [6.45, 7) is 7.19. The summed E-state index contributed by atoms with van der Waals surface area (Å²) >= 11 is 0. The molecule has 3 rings (SSSR count). The molecule has 2 nitrogen and oxygen atoms in total. The zero-order chi connectivity index (χ0) is 17.1. The van der Waals surface area contributed by atoms with Crippen LogP contribution in [0.3, 0.4) is 0 Å². The van der Waals surface area contributed by atoms with Crippen LogP contribution in [0.2, 0.25) is 0 Å². The van der Waals surface area contributed by atoms with Gasteiger partial charge in [-0.2, -0.15) is 0 Å². The molecule has 0 amide bonds. The third-order valence-corrected chi connectivity index (χ3v) is 4.80. The quantitative estimate of drug-likeness (QED) is 0.912. The van der Waals surface area contributed by atoms with Crippen molar-refractivity contribution in [2.45, 2.75) is 25.9 Å². The van der Waals surface area contributed by atoms with E-state index in [1.165, 1.54) is 24.3 Å². The van der Waals surface area contributed by atoms with E-state index >= 15 is 0 Å². The second kappa shape index (κ2) is 7.41. The van der Waals surface area contributed by atoms with E-state index in [4.69, 9.17) is 0 Å². The van der Waals surface area contributed by atoms with Crippen molar-refractivity contribution in [1.82, 2.24) is 10.2 Å². The molecule has 0 aromatic heterocycles. The van der Waals surface area contributed by atoms with E-state index in [0.29, 0.717) is 12.0 Å². The minimum absolute atomic E-state index is 0.000648. The van der Waals surface area contributed by atoms with E-state index in [1.54, 1.807) is 0 Å². The second-order valence-electron chi connectivity index (χ2n) is 6.76. The smallest absolute Gasteiger partial charge is 0.123 e. The topological polar surface area (TPSA) is 15.3 Å². The molecular weight excluding hydrogens is 306 g/mol. The Bertz CT molecular complexity index is 607. The van der Waals surface area contributed by atoms with Crippen molar-refractivity contribution in [3.63, 3.8) is 0 Å². The van der Waals surface area contributed by atoms with Crippen LogP contribution in [0.4, 0.5) is 8.78 Å². The van der Waals surface area contributed by atoms with Gasteiger partial charge in [-0.3, -0.25) is 4.90 Å². The SMILES string of the molecule is CC(C)[C@H]1CNCCN1C(c1ccc(F)cc1)c1ccc(F)cc1. The van der Waals surface area contributed by atoms with Crippen molar-refractivity contribution in [3.8, 4) is 0 Å². The molecule has 128 valence electrons. The number of rotatable bonds is 4. The molecule has 0 spiro atoms. The highest BCUT2D eigenvalue weighted by Gasteiger charge is 2.32. The predicted molar refractivity (Wildman–Crippen MR) is 92.8 cm³/mol. The molecule has 1 atom stereocenters. The molecule has 0 radical (unpaired) electrons. The minimum Gasteiger partial charge on any atom is -0.314 e. The molecule has 1 aliphatic rings. The molecule has 0 saturated carbocycles. The molecule has 2 aromatic rings. The Labute approximate surface area is 142 Å². The lowest BCUT2D eigenvalue weighted by atomic mass is 9.91. The molecule has 0 unspecified atom stereocenters. The normalized spacial score (nSPS) is 19.2. The fraction of sp³-hybridized carbons (Fsp3) is 0.400. The third kappa shape index (κ3) is 3.65. The summed E-state index contributed by atoms with van der Waals surface area (Å²) in [5.74, 6) is 0.0100. The predicted octanol–water partition coefficient (Wildman–Crippen LogP) is 3.98. The Hall–Kier alpha value is -1.78. The van der Waals surface area contributed by atoms with Gasteiger partial charge in [0.2, 0.25) is 0 Å². The molecule has 1 fully saturated rings. The summed E-state index contributed by atoms with van der Waals surface area (Å²) in [4.78, 5) is 2.46. The summed E-state index contributed by atoms with van der Waals surface area (Å²) in [6, 6.07) is 13.7. The van der Waals surface area contributed by atoms with Crippen LogP contribution in [-0.4, -0.2) is 30.6 Å². The van der Waals surface area contributed by atoms with Crippen LogP contribution in [0, 0.1) is 17.6 Å². The highest BCUT2D eigenvalue weighted by Crippen LogP contribution is 2.33. The molecule has 2 aromatic carbocycles. The zero-order valence-corrected chi connectivity index (χ0v) is 14.2. The average Bonchev–Trinajstić information content (AvgIpc) is 2.59. The summed E-state index contributed by atoms with van der Waals surface area (Å²) < 4.78 is 26.8. The highest BCUT2D eigenvalue weighted by molar-refractivity contribution is 5.33. The molecule has 1 saturated heterocycles. The number of hydrogen-bond donors (Lipinski definition) is 1. The first-order chi connectivity index (χ1) is 11.6. The maximum absolute atomic E-state index is 13.4. The van der Waals surface area contributed by atoms with Gasteiger partial charge in [0.1, 0.15) is 11.6 Å². The van der Waals surface area contributed by atoms with Gasteiger partial charge in [0.15, 0.2) is 0 Å². The van der Waals surface area contributed by atoms with E-state index in [1.807, 2.05) is 24.3 Å². The third-order valence-electron chi connectivity index (χ3n) is 4.80. The molecule has 4 heteroatoms. The van der Waals surface area contributed by atoms with Crippen molar-refractivity contribution in [1.29, 1.82) is 0 Å². The van der Waals surface area contributed by atoms with Gasteiger partial charge in [0.05, 0.1) is 6.04 Å². The van der Waals surface area contributed by atoms with Gasteiger partial charge in [0.25, 0.3) is 0 Å². The molecule has 24 heavy (non-hydrogen) atoms. The van der Waals surface area contributed by atoms with Gasteiger partial charge in [0, 0.05) is 25.7 Å².